The summed E-state index contributed by atoms with van der Waals surface area (Å²) in [4.78, 5) is 2.56. The molecule has 0 aromatic rings. The summed E-state index contributed by atoms with van der Waals surface area (Å²) >= 11 is 0. The lowest BCUT2D eigenvalue weighted by molar-refractivity contribution is 0.173. The van der Waals surface area contributed by atoms with Crippen molar-refractivity contribution in [1.82, 2.24) is 10.2 Å². The summed E-state index contributed by atoms with van der Waals surface area (Å²) in [6.45, 7) is 5.29. The first-order chi connectivity index (χ1) is 5.45. The summed E-state index contributed by atoms with van der Waals surface area (Å²) in [5.74, 6) is 0. The second-order valence-electron chi connectivity index (χ2n) is 3.78. The molecule has 0 radical (unpaired) electrons. The zero-order valence-corrected chi connectivity index (χ0v) is 7.18. The predicted octanol–water partition coefficient (Wildman–Crippen LogP) is 0.834. The SMILES string of the molecule is C1CNC(CCN2CCC2)C1. The molecule has 0 spiro atoms. The van der Waals surface area contributed by atoms with Gasteiger partial charge in [0.15, 0.2) is 0 Å². The van der Waals surface area contributed by atoms with Gasteiger partial charge in [-0.05, 0) is 51.9 Å². The van der Waals surface area contributed by atoms with Crippen molar-refractivity contribution in [2.24, 2.45) is 0 Å². The van der Waals surface area contributed by atoms with Gasteiger partial charge in [0.25, 0.3) is 0 Å². The van der Waals surface area contributed by atoms with E-state index in [0.717, 1.165) is 6.04 Å². The van der Waals surface area contributed by atoms with Crippen molar-refractivity contribution in [3.8, 4) is 0 Å². The lowest BCUT2D eigenvalue weighted by Crippen LogP contribution is -2.39. The molecule has 1 atom stereocenters. The highest BCUT2D eigenvalue weighted by Gasteiger charge is 2.17. The quantitative estimate of drug-likeness (QED) is 0.648. The Hall–Kier alpha value is -0.0800. The molecule has 2 rings (SSSR count). The molecule has 2 heterocycles. The average Bonchev–Trinajstić information content (AvgIpc) is 2.36. The third-order valence-electron chi connectivity index (χ3n) is 2.90. The van der Waals surface area contributed by atoms with Gasteiger partial charge in [0, 0.05) is 6.04 Å². The van der Waals surface area contributed by atoms with E-state index in [1.54, 1.807) is 0 Å². The molecule has 0 saturated carbocycles. The molecule has 0 aliphatic carbocycles. The maximum atomic E-state index is 3.53. The maximum absolute atomic E-state index is 3.53. The largest absolute Gasteiger partial charge is 0.314 e. The van der Waals surface area contributed by atoms with Crippen molar-refractivity contribution in [1.29, 1.82) is 0 Å². The van der Waals surface area contributed by atoms with Crippen LogP contribution in [0.2, 0.25) is 0 Å². The van der Waals surface area contributed by atoms with Crippen LogP contribution in [0.1, 0.15) is 25.7 Å². The first kappa shape index (κ1) is 7.56. The Morgan fingerprint density at radius 1 is 1.27 bits per heavy atom. The Balaban J connectivity index is 1.57. The molecular weight excluding hydrogens is 136 g/mol. The van der Waals surface area contributed by atoms with Crippen LogP contribution in [0, 0.1) is 0 Å². The first-order valence-electron chi connectivity index (χ1n) is 4.91. The molecular formula is C9H18N2. The van der Waals surface area contributed by atoms with E-state index < -0.39 is 0 Å². The Kier molecular flexibility index (Phi) is 2.44. The van der Waals surface area contributed by atoms with Gasteiger partial charge >= 0.3 is 0 Å². The van der Waals surface area contributed by atoms with Crippen molar-refractivity contribution in [3.05, 3.63) is 0 Å². The number of hydrogen-bond donors (Lipinski definition) is 1. The van der Waals surface area contributed by atoms with Crippen LogP contribution in [0.25, 0.3) is 0 Å². The van der Waals surface area contributed by atoms with Gasteiger partial charge in [-0.1, -0.05) is 0 Å². The van der Waals surface area contributed by atoms with Gasteiger partial charge in [0.2, 0.25) is 0 Å². The van der Waals surface area contributed by atoms with Crippen molar-refractivity contribution in [3.63, 3.8) is 0 Å². The van der Waals surface area contributed by atoms with Crippen molar-refractivity contribution >= 4 is 0 Å². The highest BCUT2D eigenvalue weighted by atomic mass is 15.2. The summed E-state index contributed by atoms with van der Waals surface area (Å²) in [6, 6.07) is 0.843. The van der Waals surface area contributed by atoms with Crippen molar-refractivity contribution < 1.29 is 0 Å². The second kappa shape index (κ2) is 3.55. The van der Waals surface area contributed by atoms with Crippen LogP contribution in [-0.4, -0.2) is 37.1 Å². The standard InChI is InChI=1S/C9H18N2/c1-3-9(10-5-1)4-8-11-6-2-7-11/h9-10H,1-8H2. The highest BCUT2D eigenvalue weighted by molar-refractivity contribution is 4.77. The smallest absolute Gasteiger partial charge is 0.00797 e. The summed E-state index contributed by atoms with van der Waals surface area (Å²) in [6.07, 6.45) is 5.61. The van der Waals surface area contributed by atoms with Crippen LogP contribution in [0.4, 0.5) is 0 Å². The average molecular weight is 154 g/mol. The molecule has 2 heteroatoms. The minimum absolute atomic E-state index is 0.843. The normalized spacial score (nSPS) is 32.2. The first-order valence-corrected chi connectivity index (χ1v) is 4.91. The number of rotatable bonds is 3. The zero-order valence-electron chi connectivity index (χ0n) is 7.18. The van der Waals surface area contributed by atoms with E-state index in [0.29, 0.717) is 0 Å². The van der Waals surface area contributed by atoms with E-state index in [9.17, 15) is 0 Å². The van der Waals surface area contributed by atoms with Crippen LogP contribution >= 0.6 is 0 Å². The minimum Gasteiger partial charge on any atom is -0.314 e. The van der Waals surface area contributed by atoms with E-state index in [-0.39, 0.29) is 0 Å². The third kappa shape index (κ3) is 1.94. The molecule has 0 bridgehead atoms. The number of likely N-dealkylation sites (tertiary alicyclic amines) is 1. The predicted molar refractivity (Wildman–Crippen MR) is 46.7 cm³/mol. The Labute approximate surface area is 69.0 Å². The van der Waals surface area contributed by atoms with Crippen LogP contribution in [-0.2, 0) is 0 Å². The van der Waals surface area contributed by atoms with Crippen molar-refractivity contribution in [2.75, 3.05) is 26.2 Å². The Bertz CT molecular complexity index is 115. The molecule has 1 unspecified atom stereocenters. The fourth-order valence-corrected chi connectivity index (χ4v) is 1.95. The summed E-state index contributed by atoms with van der Waals surface area (Å²) in [7, 11) is 0. The van der Waals surface area contributed by atoms with Crippen LogP contribution in [0.5, 0.6) is 0 Å². The summed E-state index contributed by atoms with van der Waals surface area (Å²) in [5, 5.41) is 3.53. The van der Waals surface area contributed by atoms with Gasteiger partial charge < -0.3 is 10.2 Å². The Morgan fingerprint density at radius 3 is 2.73 bits per heavy atom. The van der Waals surface area contributed by atoms with Crippen LogP contribution in [0.15, 0.2) is 0 Å². The van der Waals surface area contributed by atoms with Crippen LogP contribution < -0.4 is 5.32 Å². The molecule has 1 N–H and O–H groups in total. The molecule has 2 aliphatic heterocycles. The molecule has 0 aromatic carbocycles. The fraction of sp³-hybridized carbons (Fsp3) is 1.00. The van der Waals surface area contributed by atoms with E-state index >= 15 is 0 Å². The molecule has 11 heavy (non-hydrogen) atoms. The van der Waals surface area contributed by atoms with E-state index in [2.05, 4.69) is 10.2 Å². The topological polar surface area (TPSA) is 15.3 Å². The molecule has 64 valence electrons. The van der Waals surface area contributed by atoms with E-state index in [4.69, 9.17) is 0 Å². The Morgan fingerprint density at radius 2 is 2.18 bits per heavy atom. The fourth-order valence-electron chi connectivity index (χ4n) is 1.95. The molecule has 2 fully saturated rings. The number of nitrogens with one attached hydrogen (secondary N) is 1. The van der Waals surface area contributed by atoms with Gasteiger partial charge in [0.05, 0.1) is 0 Å². The monoisotopic (exact) mass is 154 g/mol. The lowest BCUT2D eigenvalue weighted by Gasteiger charge is -2.31. The lowest BCUT2D eigenvalue weighted by atomic mass is 10.1. The van der Waals surface area contributed by atoms with Gasteiger partial charge in [-0.25, -0.2) is 0 Å². The second-order valence-corrected chi connectivity index (χ2v) is 3.78. The zero-order chi connectivity index (χ0) is 7.52. The van der Waals surface area contributed by atoms with Gasteiger partial charge in [0.1, 0.15) is 0 Å². The van der Waals surface area contributed by atoms with Gasteiger partial charge in [-0.2, -0.15) is 0 Å². The van der Waals surface area contributed by atoms with Crippen molar-refractivity contribution in [2.45, 2.75) is 31.7 Å². The molecule has 0 amide bonds. The molecule has 2 aliphatic rings. The molecule has 2 nitrogen and oxygen atoms in total. The molecule has 2 saturated heterocycles. The molecule has 0 aromatic heterocycles. The highest BCUT2D eigenvalue weighted by Crippen LogP contribution is 2.12. The van der Waals surface area contributed by atoms with Gasteiger partial charge in [-0.15, -0.1) is 0 Å². The maximum Gasteiger partial charge on any atom is 0.00797 e. The summed E-state index contributed by atoms with van der Waals surface area (Å²) in [5.41, 5.74) is 0. The third-order valence-corrected chi connectivity index (χ3v) is 2.90. The summed E-state index contributed by atoms with van der Waals surface area (Å²) < 4.78 is 0. The number of hydrogen-bond acceptors (Lipinski definition) is 2. The van der Waals surface area contributed by atoms with Gasteiger partial charge in [-0.3, -0.25) is 0 Å². The number of nitrogens with zero attached hydrogens (tertiary/aromatic N) is 1. The van der Waals surface area contributed by atoms with E-state index in [1.165, 1.54) is 51.9 Å². The van der Waals surface area contributed by atoms with E-state index in [1.807, 2.05) is 0 Å². The minimum atomic E-state index is 0.843. The van der Waals surface area contributed by atoms with Crippen LogP contribution in [0.3, 0.4) is 0 Å².